The maximum atomic E-state index is 5.35. The summed E-state index contributed by atoms with van der Waals surface area (Å²) in [5.74, 6) is 1.23. The molecule has 1 unspecified atom stereocenters. The van der Waals surface area contributed by atoms with E-state index in [9.17, 15) is 0 Å². The van der Waals surface area contributed by atoms with E-state index in [4.69, 9.17) is 12.2 Å². The van der Waals surface area contributed by atoms with E-state index in [1.165, 1.54) is 32.1 Å². The summed E-state index contributed by atoms with van der Waals surface area (Å²) >= 11 is 8.86. The van der Waals surface area contributed by atoms with Crippen LogP contribution < -0.4 is 0 Å². The normalized spacial score (nSPS) is 29.1. The molecule has 1 saturated carbocycles. The van der Waals surface area contributed by atoms with Gasteiger partial charge in [0.1, 0.15) is 0 Å². The van der Waals surface area contributed by atoms with Crippen LogP contribution >= 0.6 is 28.1 Å². The lowest BCUT2D eigenvalue weighted by molar-refractivity contribution is 0.330. The van der Waals surface area contributed by atoms with Gasteiger partial charge in [-0.15, -0.1) is 0 Å². The maximum Gasteiger partial charge on any atom is 0.0303 e. The smallest absolute Gasteiger partial charge is 0.0303 e. The van der Waals surface area contributed by atoms with E-state index in [2.05, 4.69) is 28.1 Å². The summed E-state index contributed by atoms with van der Waals surface area (Å²) < 4.78 is 1.14. The van der Waals surface area contributed by atoms with Crippen LogP contribution in [0.15, 0.2) is 16.6 Å². The zero-order valence-corrected chi connectivity index (χ0v) is 10.5. The quantitative estimate of drug-likeness (QED) is 0.643. The molecule has 2 rings (SSSR count). The highest BCUT2D eigenvalue weighted by atomic mass is 79.9. The van der Waals surface area contributed by atoms with Gasteiger partial charge in [0.2, 0.25) is 0 Å². The first-order valence-electron chi connectivity index (χ1n) is 5.28. The minimum Gasteiger partial charge on any atom is -0.0836 e. The van der Waals surface area contributed by atoms with Crippen molar-refractivity contribution in [2.45, 2.75) is 32.1 Å². The van der Waals surface area contributed by atoms with Crippen molar-refractivity contribution in [1.29, 1.82) is 0 Å². The van der Waals surface area contributed by atoms with Crippen molar-refractivity contribution >= 4 is 33.0 Å². The van der Waals surface area contributed by atoms with Crippen molar-refractivity contribution in [1.82, 2.24) is 0 Å². The number of hydrogen-bond donors (Lipinski definition) is 0. The maximum absolute atomic E-state index is 5.35. The average Bonchev–Trinajstić information content (AvgIpc) is 2.23. The third-order valence-electron chi connectivity index (χ3n) is 3.15. The van der Waals surface area contributed by atoms with Crippen LogP contribution in [0.25, 0.3) is 0 Å². The Morgan fingerprint density at radius 2 is 2.00 bits per heavy atom. The molecular formula is C12H14BrS. The van der Waals surface area contributed by atoms with Gasteiger partial charge in [-0.25, -0.2) is 0 Å². The van der Waals surface area contributed by atoms with Crippen LogP contribution in [0.5, 0.6) is 0 Å². The van der Waals surface area contributed by atoms with Gasteiger partial charge in [0, 0.05) is 15.3 Å². The van der Waals surface area contributed by atoms with Crippen LogP contribution in [0.2, 0.25) is 0 Å². The second-order valence-electron chi connectivity index (χ2n) is 4.13. The summed E-state index contributed by atoms with van der Waals surface area (Å²) in [7, 11) is 0. The van der Waals surface area contributed by atoms with Gasteiger partial charge < -0.3 is 0 Å². The molecule has 0 saturated heterocycles. The van der Waals surface area contributed by atoms with Crippen molar-refractivity contribution < 1.29 is 0 Å². The lowest BCUT2D eigenvalue weighted by Gasteiger charge is -2.29. The average molecular weight is 270 g/mol. The topological polar surface area (TPSA) is 0 Å². The molecule has 0 aromatic carbocycles. The molecule has 0 spiro atoms. The molecular weight excluding hydrogens is 256 g/mol. The predicted molar refractivity (Wildman–Crippen MR) is 67.5 cm³/mol. The first kappa shape index (κ1) is 10.6. The molecule has 0 aliphatic heterocycles. The highest BCUT2D eigenvalue weighted by Crippen LogP contribution is 2.34. The number of halogens is 1. The first-order chi connectivity index (χ1) is 6.77. The molecule has 2 aliphatic rings. The highest BCUT2D eigenvalue weighted by Gasteiger charge is 2.25. The summed E-state index contributed by atoms with van der Waals surface area (Å²) in [6.45, 7) is 0. The van der Waals surface area contributed by atoms with Gasteiger partial charge in [0.05, 0.1) is 0 Å². The van der Waals surface area contributed by atoms with E-state index in [1.807, 2.05) is 6.08 Å². The summed E-state index contributed by atoms with van der Waals surface area (Å²) in [6.07, 6.45) is 14.2. The van der Waals surface area contributed by atoms with Gasteiger partial charge in [0.15, 0.2) is 0 Å². The molecule has 1 atom stereocenters. The molecule has 0 aromatic heterocycles. The van der Waals surface area contributed by atoms with Crippen LogP contribution in [0, 0.1) is 17.9 Å². The largest absolute Gasteiger partial charge is 0.0836 e. The monoisotopic (exact) mass is 269 g/mol. The third kappa shape index (κ3) is 2.34. The van der Waals surface area contributed by atoms with Crippen LogP contribution in [0.3, 0.4) is 0 Å². The Morgan fingerprint density at radius 1 is 1.29 bits per heavy atom. The van der Waals surface area contributed by atoms with E-state index in [-0.39, 0.29) is 0 Å². The number of thiocarbonyl (C=S) groups is 1. The Hall–Kier alpha value is 0.0500. The first-order valence-corrected chi connectivity index (χ1v) is 6.48. The van der Waals surface area contributed by atoms with Crippen LogP contribution in [-0.2, 0) is 0 Å². The highest BCUT2D eigenvalue weighted by molar-refractivity contribution is 9.11. The fraction of sp³-hybridized carbons (Fsp3) is 0.583. The Kier molecular flexibility index (Phi) is 3.56. The predicted octanol–water partition coefficient (Wildman–Crippen LogP) is 4.20. The van der Waals surface area contributed by atoms with Gasteiger partial charge in [-0.2, -0.15) is 0 Å². The lowest BCUT2D eigenvalue weighted by atomic mass is 9.77. The SMILES string of the molecule is S=C1[C]=CC(Br)=CC1C1CCCCC1. The van der Waals surface area contributed by atoms with Crippen molar-refractivity contribution in [2.75, 3.05) is 0 Å². The van der Waals surface area contributed by atoms with Crippen LogP contribution in [0.1, 0.15) is 32.1 Å². The van der Waals surface area contributed by atoms with Crippen molar-refractivity contribution in [3.05, 3.63) is 22.7 Å². The second kappa shape index (κ2) is 4.71. The van der Waals surface area contributed by atoms with E-state index in [0.29, 0.717) is 5.92 Å². The van der Waals surface area contributed by atoms with Crippen LogP contribution in [0.4, 0.5) is 0 Å². The van der Waals surface area contributed by atoms with Gasteiger partial charge in [0.25, 0.3) is 0 Å². The molecule has 2 heteroatoms. The Morgan fingerprint density at radius 3 is 2.71 bits per heavy atom. The molecule has 0 amide bonds. The van der Waals surface area contributed by atoms with Gasteiger partial charge in [-0.3, -0.25) is 0 Å². The summed E-state index contributed by atoms with van der Waals surface area (Å²) in [6, 6.07) is 0. The number of allylic oxidation sites excluding steroid dienone is 4. The van der Waals surface area contributed by atoms with Crippen molar-refractivity contribution in [3.63, 3.8) is 0 Å². The molecule has 0 N–H and O–H groups in total. The fourth-order valence-electron chi connectivity index (χ4n) is 2.38. The summed E-state index contributed by atoms with van der Waals surface area (Å²) in [5.41, 5.74) is 0. The Bertz CT molecular complexity index is 285. The Balaban J connectivity index is 2.08. The van der Waals surface area contributed by atoms with Crippen molar-refractivity contribution in [3.8, 4) is 0 Å². The summed E-state index contributed by atoms with van der Waals surface area (Å²) in [4.78, 5) is 1.00. The number of hydrogen-bond acceptors (Lipinski definition) is 1. The van der Waals surface area contributed by atoms with E-state index >= 15 is 0 Å². The minimum absolute atomic E-state index is 0.463. The second-order valence-corrected chi connectivity index (χ2v) is 5.48. The molecule has 1 radical (unpaired) electrons. The van der Waals surface area contributed by atoms with E-state index in [1.54, 1.807) is 0 Å². The van der Waals surface area contributed by atoms with Gasteiger partial charge >= 0.3 is 0 Å². The molecule has 0 bridgehead atoms. The number of rotatable bonds is 1. The van der Waals surface area contributed by atoms with Gasteiger partial charge in [-0.05, 0) is 30.9 Å². The molecule has 14 heavy (non-hydrogen) atoms. The lowest BCUT2D eigenvalue weighted by Crippen LogP contribution is -2.23. The molecule has 1 fully saturated rings. The van der Waals surface area contributed by atoms with Crippen LogP contribution in [-0.4, -0.2) is 4.86 Å². The molecule has 0 nitrogen and oxygen atoms in total. The Labute approximate surface area is 99.6 Å². The molecule has 75 valence electrons. The van der Waals surface area contributed by atoms with Crippen molar-refractivity contribution in [2.24, 2.45) is 11.8 Å². The zero-order chi connectivity index (χ0) is 9.97. The zero-order valence-electron chi connectivity index (χ0n) is 8.13. The van der Waals surface area contributed by atoms with E-state index in [0.717, 1.165) is 15.3 Å². The van der Waals surface area contributed by atoms with E-state index < -0.39 is 0 Å². The molecule has 2 aliphatic carbocycles. The summed E-state index contributed by atoms with van der Waals surface area (Å²) in [5, 5.41) is 0. The third-order valence-corrected chi connectivity index (χ3v) is 4.03. The van der Waals surface area contributed by atoms with Gasteiger partial charge in [-0.1, -0.05) is 53.5 Å². The minimum atomic E-state index is 0.463. The fourth-order valence-corrected chi connectivity index (χ4v) is 3.09. The molecule has 0 heterocycles. The standard InChI is InChI=1S/C12H14BrS/c13-10-6-7-12(14)11(8-10)9-4-2-1-3-5-9/h6,8-9,11H,1-5H2. The molecule has 0 aromatic rings.